The number of hydrogen-bond acceptors (Lipinski definition) is 4. The average Bonchev–Trinajstić information content (AvgIpc) is 3.58. The monoisotopic (exact) mass is 528 g/mol. The van der Waals surface area contributed by atoms with Crippen LogP contribution >= 0.6 is 0 Å². The Morgan fingerprint density at radius 1 is 0.872 bits per heavy atom. The van der Waals surface area contributed by atoms with Crippen molar-refractivity contribution in [3.63, 3.8) is 0 Å². The van der Waals surface area contributed by atoms with Crippen molar-refractivity contribution in [3.8, 4) is 5.69 Å². The van der Waals surface area contributed by atoms with Gasteiger partial charge in [-0.05, 0) is 82.7 Å². The normalized spacial score (nSPS) is 18.4. The topological polar surface area (TPSA) is 67.7 Å². The molecule has 3 heterocycles. The van der Waals surface area contributed by atoms with Crippen LogP contribution in [0, 0.1) is 13.8 Å². The lowest BCUT2D eigenvalue weighted by Crippen LogP contribution is -2.41. The van der Waals surface area contributed by atoms with Crippen molar-refractivity contribution in [3.05, 3.63) is 82.7 Å². The third-order valence-electron chi connectivity index (χ3n) is 8.05. The standard InChI is InChI=1S/C32H40N4O3/c1-22-11-12-27(19-23(22)2)36-29(25-13-16-34(17-14-25)31(38)39-32(3,4)5)28(20-33-36)30(37)35-18-15-26(21-35)24-9-7-6-8-10-24/h6-12,19-20,25-26H,13-18,21H2,1-5H3. The minimum Gasteiger partial charge on any atom is -0.444 e. The van der Waals surface area contributed by atoms with Gasteiger partial charge in [-0.1, -0.05) is 36.4 Å². The van der Waals surface area contributed by atoms with Gasteiger partial charge >= 0.3 is 6.09 Å². The van der Waals surface area contributed by atoms with E-state index in [9.17, 15) is 9.59 Å². The molecule has 5 rings (SSSR count). The summed E-state index contributed by atoms with van der Waals surface area (Å²) in [5.74, 6) is 0.512. The van der Waals surface area contributed by atoms with Crippen LogP contribution in [-0.4, -0.2) is 63.4 Å². The smallest absolute Gasteiger partial charge is 0.410 e. The SMILES string of the molecule is Cc1ccc(-n2ncc(C(=O)N3CCC(c4ccccc4)C3)c2C2CCN(C(=O)OC(C)(C)C)CC2)cc1C. The number of amides is 2. The molecule has 39 heavy (non-hydrogen) atoms. The number of nitrogens with zero attached hydrogens (tertiary/aromatic N) is 4. The van der Waals surface area contributed by atoms with Crippen molar-refractivity contribution >= 4 is 12.0 Å². The lowest BCUT2D eigenvalue weighted by molar-refractivity contribution is 0.0203. The van der Waals surface area contributed by atoms with Gasteiger partial charge in [0, 0.05) is 38.0 Å². The van der Waals surface area contributed by atoms with Gasteiger partial charge in [-0.3, -0.25) is 4.79 Å². The fraction of sp³-hybridized carbons (Fsp3) is 0.469. The number of likely N-dealkylation sites (tertiary alicyclic amines) is 2. The van der Waals surface area contributed by atoms with Gasteiger partial charge in [-0.25, -0.2) is 9.48 Å². The highest BCUT2D eigenvalue weighted by Crippen LogP contribution is 2.35. The van der Waals surface area contributed by atoms with Crippen molar-refractivity contribution in [1.29, 1.82) is 0 Å². The first-order valence-corrected chi connectivity index (χ1v) is 14.1. The maximum Gasteiger partial charge on any atom is 0.410 e. The first kappa shape index (κ1) is 27.0. The molecule has 2 aliphatic heterocycles. The predicted molar refractivity (Wildman–Crippen MR) is 153 cm³/mol. The minimum atomic E-state index is -0.525. The molecule has 1 unspecified atom stereocenters. The average molecular weight is 529 g/mol. The molecule has 1 aromatic heterocycles. The minimum absolute atomic E-state index is 0.0492. The summed E-state index contributed by atoms with van der Waals surface area (Å²) < 4.78 is 7.56. The number of aryl methyl sites for hydroxylation is 2. The van der Waals surface area contributed by atoms with Gasteiger partial charge < -0.3 is 14.5 Å². The molecular weight excluding hydrogens is 488 g/mol. The summed E-state index contributed by atoms with van der Waals surface area (Å²) >= 11 is 0. The molecule has 2 aliphatic rings. The molecule has 0 bridgehead atoms. The van der Waals surface area contributed by atoms with Crippen LogP contribution in [0.4, 0.5) is 4.79 Å². The Morgan fingerprint density at radius 2 is 1.54 bits per heavy atom. The molecule has 2 amide bonds. The molecule has 7 nitrogen and oxygen atoms in total. The Balaban J connectivity index is 1.41. The molecule has 0 spiro atoms. The molecule has 0 aliphatic carbocycles. The van der Waals surface area contributed by atoms with Crippen LogP contribution in [0.3, 0.4) is 0 Å². The lowest BCUT2D eigenvalue weighted by Gasteiger charge is -2.34. The van der Waals surface area contributed by atoms with Crippen molar-refractivity contribution in [2.75, 3.05) is 26.2 Å². The first-order chi connectivity index (χ1) is 18.6. The zero-order valence-corrected chi connectivity index (χ0v) is 23.8. The molecule has 2 saturated heterocycles. The number of carbonyl (C=O) groups is 2. The molecule has 0 radical (unpaired) electrons. The summed E-state index contributed by atoms with van der Waals surface area (Å²) in [5, 5.41) is 4.77. The largest absolute Gasteiger partial charge is 0.444 e. The van der Waals surface area contributed by atoms with E-state index in [1.165, 1.54) is 16.7 Å². The van der Waals surface area contributed by atoms with Crippen molar-refractivity contribution in [2.45, 2.75) is 71.3 Å². The van der Waals surface area contributed by atoms with E-state index in [0.29, 0.717) is 31.1 Å². The molecule has 2 fully saturated rings. The second-order valence-electron chi connectivity index (χ2n) is 12.0. The fourth-order valence-electron chi connectivity index (χ4n) is 5.75. The van der Waals surface area contributed by atoms with Crippen LogP contribution in [0.25, 0.3) is 5.69 Å². The van der Waals surface area contributed by atoms with Crippen LogP contribution in [0.2, 0.25) is 0 Å². The zero-order chi connectivity index (χ0) is 27.7. The van der Waals surface area contributed by atoms with Gasteiger partial charge in [0.05, 0.1) is 23.1 Å². The van der Waals surface area contributed by atoms with Gasteiger partial charge in [0.15, 0.2) is 0 Å². The number of ether oxygens (including phenoxy) is 1. The third-order valence-corrected chi connectivity index (χ3v) is 8.05. The molecular formula is C32H40N4O3. The quantitative estimate of drug-likeness (QED) is 0.402. The van der Waals surface area contributed by atoms with E-state index >= 15 is 0 Å². The Hall–Kier alpha value is -3.61. The first-order valence-electron chi connectivity index (χ1n) is 14.1. The molecule has 0 saturated carbocycles. The summed E-state index contributed by atoms with van der Waals surface area (Å²) in [6, 6.07) is 16.8. The highest BCUT2D eigenvalue weighted by Gasteiger charge is 2.35. The Morgan fingerprint density at radius 3 is 2.21 bits per heavy atom. The van der Waals surface area contributed by atoms with Crippen LogP contribution in [0.1, 0.15) is 84.6 Å². The number of hydrogen-bond donors (Lipinski definition) is 0. The highest BCUT2D eigenvalue weighted by molar-refractivity contribution is 5.95. The van der Waals surface area contributed by atoms with Gasteiger partial charge in [-0.15, -0.1) is 0 Å². The van der Waals surface area contributed by atoms with Crippen molar-refractivity contribution in [2.24, 2.45) is 0 Å². The Bertz CT molecular complexity index is 1330. The second-order valence-corrected chi connectivity index (χ2v) is 12.0. The number of piperidine rings is 1. The summed E-state index contributed by atoms with van der Waals surface area (Å²) in [5.41, 5.74) is 5.76. The highest BCUT2D eigenvalue weighted by atomic mass is 16.6. The van der Waals surface area contributed by atoms with Crippen LogP contribution < -0.4 is 0 Å². The van der Waals surface area contributed by atoms with Crippen molar-refractivity contribution < 1.29 is 14.3 Å². The van der Waals surface area contributed by atoms with E-state index in [1.54, 1.807) is 11.1 Å². The van der Waals surface area contributed by atoms with Crippen LogP contribution in [-0.2, 0) is 4.74 Å². The molecule has 2 aromatic carbocycles. The number of aromatic nitrogens is 2. The van der Waals surface area contributed by atoms with Gasteiger partial charge in [0.1, 0.15) is 5.60 Å². The lowest BCUT2D eigenvalue weighted by atomic mass is 9.90. The summed E-state index contributed by atoms with van der Waals surface area (Å²) in [7, 11) is 0. The molecule has 3 aromatic rings. The van der Waals surface area contributed by atoms with Crippen molar-refractivity contribution in [1.82, 2.24) is 19.6 Å². The van der Waals surface area contributed by atoms with E-state index < -0.39 is 5.60 Å². The number of benzene rings is 2. The molecule has 206 valence electrons. The maximum atomic E-state index is 14.0. The summed E-state index contributed by atoms with van der Waals surface area (Å²) in [6.45, 7) is 12.5. The number of carbonyl (C=O) groups excluding carboxylic acids is 2. The van der Waals surface area contributed by atoms with E-state index in [1.807, 2.05) is 36.4 Å². The van der Waals surface area contributed by atoms with E-state index in [2.05, 4.69) is 56.3 Å². The van der Waals surface area contributed by atoms with Crippen LogP contribution in [0.15, 0.2) is 54.7 Å². The third kappa shape index (κ3) is 5.87. The molecule has 0 N–H and O–H groups in total. The van der Waals surface area contributed by atoms with E-state index in [-0.39, 0.29) is 17.9 Å². The van der Waals surface area contributed by atoms with Gasteiger partial charge in [0.2, 0.25) is 0 Å². The van der Waals surface area contributed by atoms with E-state index in [4.69, 9.17) is 9.84 Å². The maximum absolute atomic E-state index is 14.0. The van der Waals surface area contributed by atoms with Crippen LogP contribution in [0.5, 0.6) is 0 Å². The Labute approximate surface area is 231 Å². The molecule has 7 heteroatoms. The second kappa shape index (κ2) is 10.9. The summed E-state index contributed by atoms with van der Waals surface area (Å²) in [6.07, 6.45) is 3.95. The number of rotatable bonds is 4. The predicted octanol–water partition coefficient (Wildman–Crippen LogP) is 6.23. The molecule has 1 atom stereocenters. The fourth-order valence-corrected chi connectivity index (χ4v) is 5.75. The van der Waals surface area contributed by atoms with Gasteiger partial charge in [0.25, 0.3) is 5.91 Å². The Kier molecular flexibility index (Phi) is 7.52. The van der Waals surface area contributed by atoms with E-state index in [0.717, 1.165) is 37.2 Å². The van der Waals surface area contributed by atoms with Gasteiger partial charge in [-0.2, -0.15) is 5.10 Å². The summed E-state index contributed by atoms with van der Waals surface area (Å²) in [4.78, 5) is 30.4. The zero-order valence-electron chi connectivity index (χ0n) is 23.8.